The molecule has 0 aromatic heterocycles. The topological polar surface area (TPSA) is 113 Å². The molecule has 0 radical (unpaired) electrons. The van der Waals surface area contributed by atoms with Crippen LogP contribution < -0.4 is 9.47 Å². The number of rotatable bonds is 14. The Morgan fingerprint density at radius 2 is 1.58 bits per heavy atom. The van der Waals surface area contributed by atoms with Crippen LogP contribution in [0.5, 0.6) is 11.5 Å². The molecule has 0 aliphatic rings. The Morgan fingerprint density at radius 1 is 0.935 bits per heavy atom. The van der Waals surface area contributed by atoms with Crippen molar-refractivity contribution in [3.05, 3.63) is 23.8 Å². The zero-order valence-corrected chi connectivity index (χ0v) is 18.4. The van der Waals surface area contributed by atoms with Gasteiger partial charge in [-0.15, -0.1) is 0 Å². The quantitative estimate of drug-likeness (QED) is 0.141. The summed E-state index contributed by atoms with van der Waals surface area (Å²) in [6, 6.07) is 5.22. The van der Waals surface area contributed by atoms with Crippen molar-refractivity contribution in [1.29, 1.82) is 0 Å². The minimum Gasteiger partial charge on any atom is -0.493 e. The number of nitrogens with zero attached hydrogens (tertiary/aromatic N) is 2. The number of methoxy groups -OCH3 is 1. The smallest absolute Gasteiger partial charge is 0.331 e. The summed E-state index contributed by atoms with van der Waals surface area (Å²) in [6.07, 6.45) is 2.09. The molecule has 0 bridgehead atoms. The van der Waals surface area contributed by atoms with Gasteiger partial charge in [0.1, 0.15) is 13.2 Å². The van der Waals surface area contributed by atoms with Gasteiger partial charge in [0.2, 0.25) is 0 Å². The summed E-state index contributed by atoms with van der Waals surface area (Å²) < 4.78 is 21.1. The summed E-state index contributed by atoms with van der Waals surface area (Å²) in [5.74, 6) is -0.0850. The molecule has 0 saturated carbocycles. The highest BCUT2D eigenvalue weighted by Gasteiger charge is 2.09. The van der Waals surface area contributed by atoms with Gasteiger partial charge in [-0.2, -0.15) is 0 Å². The first-order valence-corrected chi connectivity index (χ1v) is 9.82. The zero-order valence-electron chi connectivity index (χ0n) is 18.4. The Balaban J connectivity index is 0.00000961. The summed E-state index contributed by atoms with van der Waals surface area (Å²) >= 11 is 0. The third kappa shape index (κ3) is 12.2. The number of ether oxygens (including phenoxy) is 4. The van der Waals surface area contributed by atoms with E-state index >= 15 is 0 Å². The maximum Gasteiger partial charge on any atom is 0.331 e. The number of hydrogen-bond donors (Lipinski definition) is 0. The summed E-state index contributed by atoms with van der Waals surface area (Å²) in [6.45, 7) is 6.66. The summed E-state index contributed by atoms with van der Waals surface area (Å²) in [5.41, 5.74) is 0.688. The molecule has 174 valence electrons. The number of carbonyl (C=O) groups is 3. The number of hydrogen-bond acceptors (Lipinski definition) is 10. The van der Waals surface area contributed by atoms with E-state index in [1.165, 1.54) is 34.1 Å². The van der Waals surface area contributed by atoms with Crippen molar-refractivity contribution in [2.75, 3.05) is 46.6 Å². The van der Waals surface area contributed by atoms with Crippen LogP contribution >= 0.6 is 0 Å². The molecule has 31 heavy (non-hydrogen) atoms. The molecule has 0 saturated heterocycles. The summed E-state index contributed by atoms with van der Waals surface area (Å²) in [7, 11) is 1.53. The predicted octanol–water partition coefficient (Wildman–Crippen LogP) is 2.04. The van der Waals surface area contributed by atoms with Gasteiger partial charge in [0.15, 0.2) is 11.5 Å². The Morgan fingerprint density at radius 3 is 2.13 bits per heavy atom. The van der Waals surface area contributed by atoms with Crippen molar-refractivity contribution < 1.29 is 39.6 Å². The molecule has 0 unspecified atom stereocenters. The Kier molecular flexibility index (Phi) is 12.3. The fraction of sp³-hybridized carbons (Fsp3) is 0.524. The van der Waals surface area contributed by atoms with Gasteiger partial charge in [0.05, 0.1) is 19.9 Å². The van der Waals surface area contributed by atoms with Gasteiger partial charge in [0, 0.05) is 47.4 Å². The fourth-order valence-electron chi connectivity index (χ4n) is 2.49. The highest BCUT2D eigenvalue weighted by molar-refractivity contribution is 5.81. The second kappa shape index (κ2) is 14.8. The average molecular weight is 440 g/mol. The van der Waals surface area contributed by atoms with Crippen LogP contribution in [0.1, 0.15) is 34.2 Å². The molecule has 0 N–H and O–H groups in total. The summed E-state index contributed by atoms with van der Waals surface area (Å²) in [5, 5.41) is 3.57. The molecule has 0 amide bonds. The van der Waals surface area contributed by atoms with Crippen molar-refractivity contribution in [1.82, 2.24) is 4.90 Å². The van der Waals surface area contributed by atoms with E-state index in [-0.39, 0.29) is 26.6 Å². The number of oxime groups is 1. The van der Waals surface area contributed by atoms with Gasteiger partial charge in [-0.3, -0.25) is 14.5 Å². The SMILES string of the molecule is COc1cc(/C=N/OC(C)=O)ccc1OCCCN(CCOC(C)=O)CCOC(C)=O.[HH]. The van der Waals surface area contributed by atoms with E-state index in [0.717, 1.165) is 0 Å². The molecule has 0 spiro atoms. The standard InChI is InChI=1S/C21H30N2O8.H2/c1-16(24)28-12-9-23(10-13-29-17(2)25)8-5-11-30-20-7-6-19(14-21(20)27-4)15-22-31-18(3)26;/h6-7,14-15H,5,8-13H2,1-4H3;1H/b22-15+;. The van der Waals surface area contributed by atoms with E-state index in [1.807, 2.05) is 4.90 Å². The number of carbonyl (C=O) groups excluding carboxylic acids is 3. The number of benzene rings is 1. The van der Waals surface area contributed by atoms with Gasteiger partial charge >= 0.3 is 17.9 Å². The van der Waals surface area contributed by atoms with Gasteiger partial charge in [-0.1, -0.05) is 5.16 Å². The van der Waals surface area contributed by atoms with Crippen LogP contribution in [0.25, 0.3) is 0 Å². The lowest BCUT2D eigenvalue weighted by Gasteiger charge is -2.22. The first-order valence-electron chi connectivity index (χ1n) is 9.82. The Bertz CT molecular complexity index is 737. The molecule has 0 aliphatic heterocycles. The van der Waals surface area contributed by atoms with Crippen LogP contribution in [0.2, 0.25) is 0 Å². The van der Waals surface area contributed by atoms with E-state index in [0.29, 0.717) is 49.7 Å². The molecule has 10 heteroatoms. The molecule has 1 rings (SSSR count). The summed E-state index contributed by atoms with van der Waals surface area (Å²) in [4.78, 5) is 39.2. The van der Waals surface area contributed by atoms with Crippen molar-refractivity contribution in [2.45, 2.75) is 27.2 Å². The Labute approximate surface area is 183 Å². The lowest BCUT2D eigenvalue weighted by molar-refractivity contribution is -0.142. The third-order valence-electron chi connectivity index (χ3n) is 3.87. The lowest BCUT2D eigenvalue weighted by Crippen LogP contribution is -2.33. The van der Waals surface area contributed by atoms with Crippen molar-refractivity contribution in [3.8, 4) is 11.5 Å². The largest absolute Gasteiger partial charge is 0.493 e. The molecule has 1 aromatic rings. The second-order valence-corrected chi connectivity index (χ2v) is 6.45. The van der Waals surface area contributed by atoms with Crippen LogP contribution in [-0.2, 0) is 28.7 Å². The number of esters is 2. The third-order valence-corrected chi connectivity index (χ3v) is 3.87. The van der Waals surface area contributed by atoms with Crippen LogP contribution in [0.3, 0.4) is 0 Å². The van der Waals surface area contributed by atoms with E-state index in [9.17, 15) is 14.4 Å². The second-order valence-electron chi connectivity index (χ2n) is 6.45. The van der Waals surface area contributed by atoms with Crippen LogP contribution in [-0.4, -0.2) is 75.6 Å². The van der Waals surface area contributed by atoms with Gasteiger partial charge in [-0.05, 0) is 24.6 Å². The first kappa shape index (κ1) is 25.9. The van der Waals surface area contributed by atoms with E-state index in [4.69, 9.17) is 18.9 Å². The van der Waals surface area contributed by atoms with Crippen molar-refractivity contribution >= 4 is 24.1 Å². The molecule has 0 aliphatic carbocycles. The molecular formula is C21H32N2O8. The molecule has 0 heterocycles. The van der Waals surface area contributed by atoms with E-state index in [1.54, 1.807) is 18.2 Å². The zero-order chi connectivity index (χ0) is 23.1. The normalized spacial score (nSPS) is 10.7. The minimum absolute atomic E-state index is 0. The van der Waals surface area contributed by atoms with Crippen LogP contribution in [0.15, 0.2) is 23.4 Å². The van der Waals surface area contributed by atoms with E-state index in [2.05, 4.69) is 9.99 Å². The molecular weight excluding hydrogens is 408 g/mol. The van der Waals surface area contributed by atoms with Crippen molar-refractivity contribution in [2.24, 2.45) is 5.16 Å². The van der Waals surface area contributed by atoms with Crippen LogP contribution in [0.4, 0.5) is 0 Å². The first-order chi connectivity index (χ1) is 14.8. The molecule has 1 aromatic carbocycles. The van der Waals surface area contributed by atoms with Gasteiger partial charge < -0.3 is 23.8 Å². The maximum atomic E-state index is 10.9. The van der Waals surface area contributed by atoms with Crippen molar-refractivity contribution in [3.63, 3.8) is 0 Å². The Hall–Kier alpha value is -3.14. The van der Waals surface area contributed by atoms with E-state index < -0.39 is 5.97 Å². The maximum absolute atomic E-state index is 10.9. The van der Waals surface area contributed by atoms with Gasteiger partial charge in [0.25, 0.3) is 0 Å². The average Bonchev–Trinajstić information content (AvgIpc) is 2.70. The predicted molar refractivity (Wildman–Crippen MR) is 114 cm³/mol. The fourth-order valence-corrected chi connectivity index (χ4v) is 2.49. The molecule has 0 fully saturated rings. The van der Waals surface area contributed by atoms with Gasteiger partial charge in [-0.25, -0.2) is 4.79 Å². The monoisotopic (exact) mass is 440 g/mol. The highest BCUT2D eigenvalue weighted by Crippen LogP contribution is 2.27. The highest BCUT2D eigenvalue weighted by atomic mass is 16.7. The minimum atomic E-state index is -0.502. The molecule has 10 nitrogen and oxygen atoms in total. The molecule has 0 atom stereocenters. The van der Waals surface area contributed by atoms with Crippen LogP contribution in [0, 0.1) is 0 Å². The lowest BCUT2D eigenvalue weighted by atomic mass is 10.2.